The van der Waals surface area contributed by atoms with Gasteiger partial charge in [0.05, 0.1) is 5.56 Å². The highest BCUT2D eigenvalue weighted by molar-refractivity contribution is 9.10. The van der Waals surface area contributed by atoms with Gasteiger partial charge in [-0.25, -0.2) is 0 Å². The minimum absolute atomic E-state index is 0.433. The van der Waals surface area contributed by atoms with Crippen LogP contribution in [0.1, 0.15) is 17.3 Å². The highest BCUT2D eigenvalue weighted by atomic mass is 79.9. The highest BCUT2D eigenvalue weighted by Crippen LogP contribution is 2.21. The molecule has 2 nitrogen and oxygen atoms in total. The largest absolute Gasteiger partial charge is 0.489 e. The first-order chi connectivity index (χ1) is 6.63. The lowest BCUT2D eigenvalue weighted by atomic mass is 10.2. The number of benzene rings is 1. The second kappa shape index (κ2) is 4.96. The summed E-state index contributed by atoms with van der Waals surface area (Å²) in [4.78, 5) is 10.7. The van der Waals surface area contributed by atoms with Crippen molar-refractivity contribution in [3.63, 3.8) is 0 Å². The molecule has 0 radical (unpaired) electrons. The molecule has 0 saturated carbocycles. The number of hydrogen-bond donors (Lipinski definition) is 0. The Morgan fingerprint density at radius 1 is 1.64 bits per heavy atom. The number of ether oxygens (including phenoxy) is 1. The van der Waals surface area contributed by atoms with E-state index in [1.54, 1.807) is 12.1 Å². The Hall–Kier alpha value is -1.09. The van der Waals surface area contributed by atoms with Crippen LogP contribution in [0.15, 0.2) is 34.8 Å². The van der Waals surface area contributed by atoms with E-state index < -0.39 is 0 Å². The van der Waals surface area contributed by atoms with Gasteiger partial charge in [-0.05, 0) is 30.7 Å². The molecule has 1 rings (SSSR count). The molecule has 0 saturated heterocycles. The Morgan fingerprint density at radius 3 is 2.93 bits per heavy atom. The lowest BCUT2D eigenvalue weighted by molar-refractivity contribution is 0.112. The van der Waals surface area contributed by atoms with Crippen LogP contribution in [0.2, 0.25) is 0 Å². The second-order valence-corrected chi connectivity index (χ2v) is 3.96. The number of aldehydes is 1. The fraction of sp³-hybridized carbons (Fsp3) is 0.182. The SMILES string of the molecule is C=C(C)COc1ccc(Br)cc1C=O. The van der Waals surface area contributed by atoms with E-state index in [0.717, 1.165) is 16.3 Å². The summed E-state index contributed by atoms with van der Waals surface area (Å²) in [7, 11) is 0. The van der Waals surface area contributed by atoms with Crippen molar-refractivity contribution in [1.29, 1.82) is 0 Å². The van der Waals surface area contributed by atoms with Crippen molar-refractivity contribution in [1.82, 2.24) is 0 Å². The molecule has 0 fully saturated rings. The quantitative estimate of drug-likeness (QED) is 0.610. The van der Waals surface area contributed by atoms with E-state index in [1.807, 2.05) is 13.0 Å². The topological polar surface area (TPSA) is 26.3 Å². The van der Waals surface area contributed by atoms with Gasteiger partial charge in [0.2, 0.25) is 0 Å². The summed E-state index contributed by atoms with van der Waals surface area (Å²) in [6.45, 7) is 6.03. The summed E-state index contributed by atoms with van der Waals surface area (Å²) in [6, 6.07) is 5.32. The highest BCUT2D eigenvalue weighted by Gasteiger charge is 2.03. The maximum absolute atomic E-state index is 10.7. The smallest absolute Gasteiger partial charge is 0.153 e. The minimum atomic E-state index is 0.433. The van der Waals surface area contributed by atoms with E-state index in [2.05, 4.69) is 22.5 Å². The maximum atomic E-state index is 10.7. The van der Waals surface area contributed by atoms with E-state index in [0.29, 0.717) is 17.9 Å². The molecule has 3 heteroatoms. The van der Waals surface area contributed by atoms with Crippen LogP contribution in [0.4, 0.5) is 0 Å². The lowest BCUT2D eigenvalue weighted by Gasteiger charge is -2.07. The number of hydrogen-bond acceptors (Lipinski definition) is 2. The molecule has 74 valence electrons. The third kappa shape index (κ3) is 3.00. The number of carbonyl (C=O) groups is 1. The summed E-state index contributed by atoms with van der Waals surface area (Å²) in [6.07, 6.45) is 0.776. The van der Waals surface area contributed by atoms with E-state index in [9.17, 15) is 4.79 Å². The Balaban J connectivity index is 2.85. The van der Waals surface area contributed by atoms with E-state index in [1.165, 1.54) is 0 Å². The molecule has 0 aliphatic heterocycles. The van der Waals surface area contributed by atoms with Crippen LogP contribution in [0.25, 0.3) is 0 Å². The summed E-state index contributed by atoms with van der Waals surface area (Å²) < 4.78 is 6.26. The predicted molar refractivity (Wildman–Crippen MR) is 59.8 cm³/mol. The predicted octanol–water partition coefficient (Wildman–Crippen LogP) is 3.22. The van der Waals surface area contributed by atoms with Gasteiger partial charge in [0.25, 0.3) is 0 Å². The summed E-state index contributed by atoms with van der Waals surface area (Å²) in [5.74, 6) is 0.589. The fourth-order valence-corrected chi connectivity index (χ4v) is 1.32. The molecule has 14 heavy (non-hydrogen) atoms. The standard InChI is InChI=1S/C11H11BrO2/c1-8(2)7-14-11-4-3-10(12)5-9(11)6-13/h3-6H,1,7H2,2H3. The monoisotopic (exact) mass is 254 g/mol. The molecule has 0 bridgehead atoms. The van der Waals surface area contributed by atoms with Crippen LogP contribution in [0.3, 0.4) is 0 Å². The second-order valence-electron chi connectivity index (χ2n) is 3.05. The molecule has 0 aliphatic rings. The molecular formula is C11H11BrO2. The van der Waals surface area contributed by atoms with Crippen molar-refractivity contribution in [2.24, 2.45) is 0 Å². The molecule has 0 amide bonds. The molecule has 0 aromatic heterocycles. The molecule has 0 heterocycles. The van der Waals surface area contributed by atoms with Crippen molar-refractivity contribution in [3.8, 4) is 5.75 Å². The van der Waals surface area contributed by atoms with Crippen molar-refractivity contribution < 1.29 is 9.53 Å². The zero-order valence-electron chi connectivity index (χ0n) is 7.92. The molecule has 0 unspecified atom stereocenters. The van der Waals surface area contributed by atoms with Crippen LogP contribution < -0.4 is 4.74 Å². The van der Waals surface area contributed by atoms with E-state index in [-0.39, 0.29) is 0 Å². The van der Waals surface area contributed by atoms with Gasteiger partial charge in [0.1, 0.15) is 12.4 Å². The summed E-state index contributed by atoms with van der Waals surface area (Å²) in [5.41, 5.74) is 1.46. The zero-order valence-corrected chi connectivity index (χ0v) is 9.50. The van der Waals surface area contributed by atoms with Gasteiger partial charge in [-0.1, -0.05) is 22.5 Å². The number of rotatable bonds is 4. The Kier molecular flexibility index (Phi) is 3.89. The van der Waals surface area contributed by atoms with Crippen molar-refractivity contribution in [2.75, 3.05) is 6.61 Å². The third-order valence-electron chi connectivity index (χ3n) is 1.57. The first-order valence-electron chi connectivity index (χ1n) is 4.15. The van der Waals surface area contributed by atoms with Crippen LogP contribution >= 0.6 is 15.9 Å². The molecular weight excluding hydrogens is 244 g/mol. The van der Waals surface area contributed by atoms with Crippen LogP contribution in [0, 0.1) is 0 Å². The average molecular weight is 255 g/mol. The molecule has 0 atom stereocenters. The van der Waals surface area contributed by atoms with E-state index >= 15 is 0 Å². The average Bonchev–Trinajstić information content (AvgIpc) is 2.15. The summed E-state index contributed by atoms with van der Waals surface area (Å²) in [5, 5.41) is 0. The minimum Gasteiger partial charge on any atom is -0.489 e. The van der Waals surface area contributed by atoms with Gasteiger partial charge >= 0.3 is 0 Å². The number of halogens is 1. The lowest BCUT2D eigenvalue weighted by Crippen LogP contribution is -2.00. The molecule has 0 N–H and O–H groups in total. The molecule has 1 aromatic rings. The Bertz CT molecular complexity index is 358. The Labute approximate surface area is 91.7 Å². The van der Waals surface area contributed by atoms with Crippen molar-refractivity contribution in [2.45, 2.75) is 6.92 Å². The first kappa shape index (κ1) is 11.0. The molecule has 0 aliphatic carbocycles. The van der Waals surface area contributed by atoms with Crippen LogP contribution in [0.5, 0.6) is 5.75 Å². The normalized spacial score (nSPS) is 9.57. The van der Waals surface area contributed by atoms with Gasteiger partial charge < -0.3 is 4.74 Å². The van der Waals surface area contributed by atoms with Crippen LogP contribution in [-0.2, 0) is 0 Å². The van der Waals surface area contributed by atoms with Gasteiger partial charge in [0.15, 0.2) is 6.29 Å². The van der Waals surface area contributed by atoms with Gasteiger partial charge in [0, 0.05) is 4.47 Å². The van der Waals surface area contributed by atoms with Gasteiger partial charge in [-0.15, -0.1) is 0 Å². The van der Waals surface area contributed by atoms with E-state index in [4.69, 9.17) is 4.74 Å². The third-order valence-corrected chi connectivity index (χ3v) is 2.07. The summed E-state index contributed by atoms with van der Waals surface area (Å²) >= 11 is 3.29. The van der Waals surface area contributed by atoms with Gasteiger partial charge in [-0.3, -0.25) is 4.79 Å². The van der Waals surface area contributed by atoms with Gasteiger partial charge in [-0.2, -0.15) is 0 Å². The molecule has 1 aromatic carbocycles. The Morgan fingerprint density at radius 2 is 2.36 bits per heavy atom. The zero-order chi connectivity index (χ0) is 10.6. The fourth-order valence-electron chi connectivity index (χ4n) is 0.944. The number of carbonyl (C=O) groups excluding carboxylic acids is 1. The van der Waals surface area contributed by atoms with Crippen molar-refractivity contribution in [3.05, 3.63) is 40.4 Å². The first-order valence-corrected chi connectivity index (χ1v) is 4.94. The molecule has 0 spiro atoms. The maximum Gasteiger partial charge on any atom is 0.153 e. The van der Waals surface area contributed by atoms with Crippen LogP contribution in [-0.4, -0.2) is 12.9 Å². The van der Waals surface area contributed by atoms with Crippen molar-refractivity contribution >= 4 is 22.2 Å².